The molecule has 11 heteroatoms. The normalized spacial score (nSPS) is 14.2. The molecule has 0 bridgehead atoms. The summed E-state index contributed by atoms with van der Waals surface area (Å²) in [4.78, 5) is 30.7. The number of hydrogen-bond acceptors (Lipinski definition) is 7. The van der Waals surface area contributed by atoms with Gasteiger partial charge in [0.05, 0.1) is 17.6 Å². The number of hydrogen-bond donors (Lipinski definition) is 2. The Morgan fingerprint density at radius 3 is 2.27 bits per heavy atom. The number of carbonyl (C=O) groups excluding carboxylic acids is 2. The third kappa shape index (κ3) is 6.25. The van der Waals surface area contributed by atoms with Gasteiger partial charge in [-0.1, -0.05) is 12.1 Å². The van der Waals surface area contributed by atoms with Gasteiger partial charge in [-0.15, -0.1) is 0 Å². The standard InChI is InChI=1S/C26H29N5O5S/c1-19(32)29-21-7-11-23(12-8-21)37(34,35)31-16-14-30(15-17-31)25-24(4-3-13-27-25)26(33)28-18-20-5-9-22(36-2)10-6-20/h3-13H,14-18H2,1-2H3,(H,28,33)(H,29,32). The van der Waals surface area contributed by atoms with Crippen LogP contribution < -0.4 is 20.3 Å². The lowest BCUT2D eigenvalue weighted by molar-refractivity contribution is -0.114. The molecule has 37 heavy (non-hydrogen) atoms. The predicted octanol–water partition coefficient (Wildman–Crippen LogP) is 2.49. The van der Waals surface area contributed by atoms with E-state index in [9.17, 15) is 18.0 Å². The van der Waals surface area contributed by atoms with Gasteiger partial charge in [-0.2, -0.15) is 4.31 Å². The molecule has 0 saturated carbocycles. The van der Waals surface area contributed by atoms with Crippen LogP contribution >= 0.6 is 0 Å². The van der Waals surface area contributed by atoms with E-state index in [1.54, 1.807) is 37.6 Å². The molecule has 1 fully saturated rings. The van der Waals surface area contributed by atoms with Gasteiger partial charge in [0, 0.05) is 51.5 Å². The highest BCUT2D eigenvalue weighted by Gasteiger charge is 2.30. The fraction of sp³-hybridized carbons (Fsp3) is 0.269. The van der Waals surface area contributed by atoms with Crippen LogP contribution in [-0.2, 0) is 21.4 Å². The summed E-state index contributed by atoms with van der Waals surface area (Å²) in [5.74, 6) is 0.780. The van der Waals surface area contributed by atoms with Gasteiger partial charge in [0.25, 0.3) is 5.91 Å². The van der Waals surface area contributed by atoms with Crippen LogP contribution in [-0.4, -0.2) is 62.8 Å². The van der Waals surface area contributed by atoms with E-state index < -0.39 is 10.0 Å². The Morgan fingerprint density at radius 1 is 0.973 bits per heavy atom. The molecule has 2 heterocycles. The minimum Gasteiger partial charge on any atom is -0.497 e. The summed E-state index contributed by atoms with van der Waals surface area (Å²) in [6.45, 7) is 3.02. The number of aromatic nitrogens is 1. The Bertz CT molecular complexity index is 1350. The molecule has 1 aromatic heterocycles. The molecule has 0 spiro atoms. The summed E-state index contributed by atoms with van der Waals surface area (Å²) in [5.41, 5.74) is 1.90. The van der Waals surface area contributed by atoms with E-state index in [2.05, 4.69) is 15.6 Å². The van der Waals surface area contributed by atoms with Crippen molar-refractivity contribution >= 4 is 33.3 Å². The van der Waals surface area contributed by atoms with Crippen molar-refractivity contribution in [2.24, 2.45) is 0 Å². The molecule has 1 aliphatic rings. The molecule has 0 radical (unpaired) electrons. The predicted molar refractivity (Wildman–Crippen MR) is 140 cm³/mol. The lowest BCUT2D eigenvalue weighted by atomic mass is 10.2. The molecule has 10 nitrogen and oxygen atoms in total. The Hall–Kier alpha value is -3.96. The van der Waals surface area contributed by atoms with Crippen LogP contribution in [0.15, 0.2) is 71.8 Å². The first-order chi connectivity index (χ1) is 17.8. The SMILES string of the molecule is COc1ccc(CNC(=O)c2cccnc2N2CCN(S(=O)(=O)c3ccc(NC(C)=O)cc3)CC2)cc1. The fourth-order valence-corrected chi connectivity index (χ4v) is 5.47. The van der Waals surface area contributed by atoms with Crippen LogP contribution in [0.3, 0.4) is 0 Å². The zero-order valence-electron chi connectivity index (χ0n) is 20.7. The molecule has 0 unspecified atom stereocenters. The summed E-state index contributed by atoms with van der Waals surface area (Å²) in [6, 6.07) is 17.0. The van der Waals surface area contributed by atoms with Crippen molar-refractivity contribution in [3.8, 4) is 5.75 Å². The minimum absolute atomic E-state index is 0.159. The molecule has 0 atom stereocenters. The number of amides is 2. The summed E-state index contributed by atoms with van der Waals surface area (Å²) in [6.07, 6.45) is 1.62. The monoisotopic (exact) mass is 523 g/mol. The molecular weight excluding hydrogens is 494 g/mol. The van der Waals surface area contributed by atoms with Gasteiger partial charge in [0.2, 0.25) is 15.9 Å². The van der Waals surface area contributed by atoms with Crippen LogP contribution in [0, 0.1) is 0 Å². The van der Waals surface area contributed by atoms with E-state index in [0.717, 1.165) is 11.3 Å². The van der Waals surface area contributed by atoms with Crippen molar-refractivity contribution in [3.63, 3.8) is 0 Å². The van der Waals surface area contributed by atoms with Crippen LogP contribution in [0.2, 0.25) is 0 Å². The Labute approximate surface area is 216 Å². The van der Waals surface area contributed by atoms with Crippen molar-refractivity contribution in [2.75, 3.05) is 43.5 Å². The number of pyridine rings is 1. The van der Waals surface area contributed by atoms with Crippen LogP contribution in [0.5, 0.6) is 5.75 Å². The topological polar surface area (TPSA) is 121 Å². The smallest absolute Gasteiger partial charge is 0.255 e. The van der Waals surface area contributed by atoms with Crippen LogP contribution in [0.1, 0.15) is 22.8 Å². The third-order valence-corrected chi connectivity index (χ3v) is 7.91. The third-order valence-electron chi connectivity index (χ3n) is 5.99. The van der Waals surface area contributed by atoms with E-state index in [-0.39, 0.29) is 29.8 Å². The van der Waals surface area contributed by atoms with Gasteiger partial charge < -0.3 is 20.3 Å². The van der Waals surface area contributed by atoms with E-state index in [0.29, 0.717) is 36.7 Å². The van der Waals surface area contributed by atoms with Crippen molar-refractivity contribution in [1.29, 1.82) is 0 Å². The van der Waals surface area contributed by atoms with Crippen LogP contribution in [0.4, 0.5) is 11.5 Å². The Kier molecular flexibility index (Phi) is 8.04. The fourth-order valence-electron chi connectivity index (χ4n) is 4.05. The second-order valence-electron chi connectivity index (χ2n) is 8.50. The van der Waals surface area contributed by atoms with Gasteiger partial charge in [0.15, 0.2) is 0 Å². The lowest BCUT2D eigenvalue weighted by Crippen LogP contribution is -2.49. The number of benzene rings is 2. The van der Waals surface area contributed by atoms with Gasteiger partial charge in [-0.25, -0.2) is 13.4 Å². The van der Waals surface area contributed by atoms with Crippen molar-refractivity contribution in [3.05, 3.63) is 78.0 Å². The van der Waals surface area contributed by atoms with Crippen LogP contribution in [0.25, 0.3) is 0 Å². The van der Waals surface area contributed by atoms with E-state index >= 15 is 0 Å². The number of sulfonamides is 1. The molecule has 2 amide bonds. The number of nitrogens with zero attached hydrogens (tertiary/aromatic N) is 3. The van der Waals surface area contributed by atoms with Gasteiger partial charge in [-0.05, 0) is 54.1 Å². The van der Waals surface area contributed by atoms with E-state index in [4.69, 9.17) is 4.74 Å². The first-order valence-corrected chi connectivity index (χ1v) is 13.2. The highest BCUT2D eigenvalue weighted by atomic mass is 32.2. The zero-order chi connectivity index (χ0) is 26.4. The highest BCUT2D eigenvalue weighted by molar-refractivity contribution is 7.89. The number of carbonyl (C=O) groups is 2. The molecule has 1 saturated heterocycles. The molecule has 4 rings (SSSR count). The first-order valence-electron chi connectivity index (χ1n) is 11.8. The lowest BCUT2D eigenvalue weighted by Gasteiger charge is -2.35. The van der Waals surface area contributed by atoms with E-state index in [1.807, 2.05) is 29.2 Å². The maximum atomic E-state index is 13.1. The number of piperazine rings is 1. The quantitative estimate of drug-likeness (QED) is 0.465. The number of methoxy groups -OCH3 is 1. The van der Waals surface area contributed by atoms with Gasteiger partial charge >= 0.3 is 0 Å². The molecule has 2 N–H and O–H groups in total. The summed E-state index contributed by atoms with van der Waals surface area (Å²) in [5, 5.41) is 5.55. The average Bonchev–Trinajstić information content (AvgIpc) is 2.92. The zero-order valence-corrected chi connectivity index (χ0v) is 21.5. The van der Waals surface area contributed by atoms with Crippen molar-refractivity contribution in [2.45, 2.75) is 18.4 Å². The van der Waals surface area contributed by atoms with Crippen molar-refractivity contribution in [1.82, 2.24) is 14.6 Å². The summed E-state index contributed by atoms with van der Waals surface area (Å²) in [7, 11) is -2.10. The summed E-state index contributed by atoms with van der Waals surface area (Å²) < 4.78 is 32.8. The van der Waals surface area contributed by atoms with Gasteiger partial charge in [-0.3, -0.25) is 9.59 Å². The minimum atomic E-state index is -3.70. The second kappa shape index (κ2) is 11.4. The molecule has 3 aromatic rings. The Balaban J connectivity index is 1.40. The Morgan fingerprint density at radius 2 is 1.65 bits per heavy atom. The second-order valence-corrected chi connectivity index (χ2v) is 10.4. The van der Waals surface area contributed by atoms with Crippen molar-refractivity contribution < 1.29 is 22.7 Å². The molecule has 194 valence electrons. The molecule has 2 aromatic carbocycles. The molecular formula is C26H29N5O5S. The van der Waals surface area contributed by atoms with E-state index in [1.165, 1.54) is 23.4 Å². The highest BCUT2D eigenvalue weighted by Crippen LogP contribution is 2.23. The number of nitrogens with one attached hydrogen (secondary N) is 2. The largest absolute Gasteiger partial charge is 0.497 e. The number of anilines is 2. The first kappa shape index (κ1) is 26.1. The summed E-state index contributed by atoms with van der Waals surface area (Å²) >= 11 is 0. The van der Waals surface area contributed by atoms with Gasteiger partial charge in [0.1, 0.15) is 11.6 Å². The number of ether oxygens (including phenoxy) is 1. The molecule has 1 aliphatic heterocycles. The molecule has 0 aliphatic carbocycles. The maximum Gasteiger partial charge on any atom is 0.255 e. The average molecular weight is 524 g/mol. The number of rotatable bonds is 8. The maximum absolute atomic E-state index is 13.1.